The Hall–Kier alpha value is -0.870. The van der Waals surface area contributed by atoms with Crippen LogP contribution < -0.4 is 4.90 Å². The molecule has 4 heteroatoms. The van der Waals surface area contributed by atoms with E-state index in [4.69, 9.17) is 0 Å². The highest BCUT2D eigenvalue weighted by Gasteiger charge is 2.33. The van der Waals surface area contributed by atoms with Crippen LogP contribution in [0.25, 0.3) is 0 Å². The molecule has 0 aliphatic carbocycles. The maximum atomic E-state index is 12.0. The predicted octanol–water partition coefficient (Wildman–Crippen LogP) is 2.11. The standard InChI is InChI=1S/C12H14BrNO2/c1-12(2,16)11(15)14-6-5-8-7-9(13)3-4-10(8)14/h3-4,7,16H,5-6H2,1-2H3. The quantitative estimate of drug-likeness (QED) is 0.858. The van der Waals surface area contributed by atoms with Gasteiger partial charge < -0.3 is 10.0 Å². The number of aliphatic hydroxyl groups is 1. The summed E-state index contributed by atoms with van der Waals surface area (Å²) in [5.41, 5.74) is 0.747. The van der Waals surface area contributed by atoms with E-state index in [1.807, 2.05) is 18.2 Å². The number of fused-ring (bicyclic) bond motifs is 1. The highest BCUT2D eigenvalue weighted by molar-refractivity contribution is 9.10. The molecule has 1 aliphatic heterocycles. The minimum atomic E-state index is -1.31. The Morgan fingerprint density at radius 3 is 2.81 bits per heavy atom. The van der Waals surface area contributed by atoms with Gasteiger partial charge in [-0.05, 0) is 44.0 Å². The number of amides is 1. The van der Waals surface area contributed by atoms with E-state index < -0.39 is 5.60 Å². The maximum Gasteiger partial charge on any atom is 0.258 e. The molecule has 1 aromatic carbocycles. The first-order valence-electron chi connectivity index (χ1n) is 5.22. The molecule has 0 aromatic heterocycles. The largest absolute Gasteiger partial charge is 0.381 e. The molecule has 3 nitrogen and oxygen atoms in total. The summed E-state index contributed by atoms with van der Waals surface area (Å²) in [7, 11) is 0. The van der Waals surface area contributed by atoms with Gasteiger partial charge in [0.15, 0.2) is 0 Å². The zero-order valence-corrected chi connectivity index (χ0v) is 10.9. The first-order chi connectivity index (χ1) is 7.39. The average molecular weight is 284 g/mol. The molecule has 0 bridgehead atoms. The van der Waals surface area contributed by atoms with Gasteiger partial charge in [-0.1, -0.05) is 15.9 Å². The van der Waals surface area contributed by atoms with Gasteiger partial charge in [0.25, 0.3) is 5.91 Å². The lowest BCUT2D eigenvalue weighted by Gasteiger charge is -2.25. The normalized spacial score (nSPS) is 15.1. The summed E-state index contributed by atoms with van der Waals surface area (Å²) in [4.78, 5) is 13.6. The molecule has 0 saturated heterocycles. The van der Waals surface area contributed by atoms with Crippen LogP contribution in [0.15, 0.2) is 22.7 Å². The average Bonchev–Trinajstić information content (AvgIpc) is 2.57. The van der Waals surface area contributed by atoms with Crippen molar-refractivity contribution in [2.45, 2.75) is 25.9 Å². The van der Waals surface area contributed by atoms with Crippen molar-refractivity contribution in [3.05, 3.63) is 28.2 Å². The van der Waals surface area contributed by atoms with Gasteiger partial charge in [-0.2, -0.15) is 0 Å². The van der Waals surface area contributed by atoms with Crippen molar-refractivity contribution < 1.29 is 9.90 Å². The fourth-order valence-corrected chi connectivity index (χ4v) is 2.32. The van der Waals surface area contributed by atoms with Crippen LogP contribution in [-0.2, 0) is 11.2 Å². The molecular formula is C12H14BrNO2. The molecule has 1 aliphatic rings. The van der Waals surface area contributed by atoms with E-state index in [1.54, 1.807) is 4.90 Å². The van der Waals surface area contributed by atoms with Gasteiger partial charge in [-0.15, -0.1) is 0 Å². The molecule has 1 heterocycles. The van der Waals surface area contributed by atoms with E-state index in [0.717, 1.165) is 22.1 Å². The van der Waals surface area contributed by atoms with Gasteiger partial charge in [0.05, 0.1) is 0 Å². The van der Waals surface area contributed by atoms with Crippen molar-refractivity contribution in [2.24, 2.45) is 0 Å². The number of hydrogen-bond donors (Lipinski definition) is 1. The second kappa shape index (κ2) is 3.86. The van der Waals surface area contributed by atoms with Gasteiger partial charge in [0.1, 0.15) is 5.60 Å². The van der Waals surface area contributed by atoms with Crippen LogP contribution in [0.3, 0.4) is 0 Å². The summed E-state index contributed by atoms with van der Waals surface area (Å²) in [5.74, 6) is -0.242. The monoisotopic (exact) mass is 283 g/mol. The summed E-state index contributed by atoms with van der Waals surface area (Å²) in [5, 5.41) is 9.73. The summed E-state index contributed by atoms with van der Waals surface area (Å²) in [6, 6.07) is 5.85. The number of nitrogens with zero attached hydrogens (tertiary/aromatic N) is 1. The fraction of sp³-hybridized carbons (Fsp3) is 0.417. The number of carbonyl (C=O) groups excluding carboxylic acids is 1. The van der Waals surface area contributed by atoms with Gasteiger partial charge in [-0.25, -0.2) is 0 Å². The third-order valence-electron chi connectivity index (χ3n) is 2.71. The zero-order valence-electron chi connectivity index (χ0n) is 9.33. The van der Waals surface area contributed by atoms with Crippen LogP contribution in [0.4, 0.5) is 5.69 Å². The van der Waals surface area contributed by atoms with E-state index in [1.165, 1.54) is 13.8 Å². The molecule has 0 atom stereocenters. The van der Waals surface area contributed by atoms with Gasteiger partial charge in [-0.3, -0.25) is 4.79 Å². The number of anilines is 1. The minimum Gasteiger partial charge on any atom is -0.381 e. The van der Waals surface area contributed by atoms with Crippen LogP contribution in [0.2, 0.25) is 0 Å². The van der Waals surface area contributed by atoms with Crippen molar-refractivity contribution in [1.29, 1.82) is 0 Å². The summed E-state index contributed by atoms with van der Waals surface area (Å²) in [6.45, 7) is 3.69. The predicted molar refractivity (Wildman–Crippen MR) is 66.5 cm³/mol. The fourth-order valence-electron chi connectivity index (χ4n) is 1.91. The summed E-state index contributed by atoms with van der Waals surface area (Å²) in [6.07, 6.45) is 0.844. The summed E-state index contributed by atoms with van der Waals surface area (Å²) >= 11 is 3.41. The molecule has 0 unspecified atom stereocenters. The molecule has 0 radical (unpaired) electrons. The Balaban J connectivity index is 2.34. The number of halogens is 1. The molecule has 1 aromatic rings. The summed E-state index contributed by atoms with van der Waals surface area (Å²) < 4.78 is 1.02. The SMILES string of the molecule is CC(C)(O)C(=O)N1CCc2cc(Br)ccc21. The number of hydrogen-bond acceptors (Lipinski definition) is 2. The Labute approximate surface area is 103 Å². The number of benzene rings is 1. The van der Waals surface area contributed by atoms with Crippen LogP contribution in [0.5, 0.6) is 0 Å². The van der Waals surface area contributed by atoms with Crippen molar-refractivity contribution in [3.63, 3.8) is 0 Å². The van der Waals surface area contributed by atoms with E-state index >= 15 is 0 Å². The second-order valence-corrected chi connectivity index (χ2v) is 5.45. The molecule has 0 saturated carbocycles. The molecule has 2 rings (SSSR count). The minimum absolute atomic E-state index is 0.242. The maximum absolute atomic E-state index is 12.0. The Bertz CT molecular complexity index is 437. The molecule has 1 N–H and O–H groups in total. The molecular weight excluding hydrogens is 270 g/mol. The second-order valence-electron chi connectivity index (χ2n) is 4.54. The Kier molecular flexibility index (Phi) is 2.80. The van der Waals surface area contributed by atoms with Gasteiger partial charge in [0, 0.05) is 16.7 Å². The van der Waals surface area contributed by atoms with Crippen LogP contribution >= 0.6 is 15.9 Å². The van der Waals surface area contributed by atoms with Crippen molar-refractivity contribution in [1.82, 2.24) is 0 Å². The topological polar surface area (TPSA) is 40.5 Å². The van der Waals surface area contributed by atoms with Crippen LogP contribution in [-0.4, -0.2) is 23.2 Å². The lowest BCUT2D eigenvalue weighted by molar-refractivity contribution is -0.133. The molecule has 86 valence electrons. The Morgan fingerprint density at radius 1 is 1.50 bits per heavy atom. The highest BCUT2D eigenvalue weighted by Crippen LogP contribution is 2.31. The molecule has 0 spiro atoms. The first-order valence-corrected chi connectivity index (χ1v) is 6.01. The van der Waals surface area contributed by atoms with Crippen molar-refractivity contribution in [2.75, 3.05) is 11.4 Å². The van der Waals surface area contributed by atoms with E-state index in [2.05, 4.69) is 15.9 Å². The molecule has 0 fully saturated rings. The third-order valence-corrected chi connectivity index (χ3v) is 3.20. The number of carbonyl (C=O) groups is 1. The Morgan fingerprint density at radius 2 is 2.19 bits per heavy atom. The van der Waals surface area contributed by atoms with E-state index in [9.17, 15) is 9.90 Å². The lowest BCUT2D eigenvalue weighted by Crippen LogP contribution is -2.44. The number of rotatable bonds is 1. The van der Waals surface area contributed by atoms with E-state index in [-0.39, 0.29) is 5.91 Å². The van der Waals surface area contributed by atoms with Crippen molar-refractivity contribution in [3.8, 4) is 0 Å². The van der Waals surface area contributed by atoms with E-state index in [0.29, 0.717) is 6.54 Å². The van der Waals surface area contributed by atoms with Gasteiger partial charge in [0.2, 0.25) is 0 Å². The van der Waals surface area contributed by atoms with Crippen LogP contribution in [0, 0.1) is 0 Å². The zero-order chi connectivity index (χ0) is 11.9. The first kappa shape index (κ1) is 11.6. The third kappa shape index (κ3) is 1.99. The van der Waals surface area contributed by atoms with Gasteiger partial charge >= 0.3 is 0 Å². The smallest absolute Gasteiger partial charge is 0.258 e. The van der Waals surface area contributed by atoms with Crippen molar-refractivity contribution >= 4 is 27.5 Å². The lowest BCUT2D eigenvalue weighted by atomic mass is 10.1. The molecule has 1 amide bonds. The van der Waals surface area contributed by atoms with Crippen LogP contribution in [0.1, 0.15) is 19.4 Å². The molecule has 16 heavy (non-hydrogen) atoms. The highest BCUT2D eigenvalue weighted by atomic mass is 79.9.